The number of hydrogen-bond donors (Lipinski definition) is 3. The third-order valence-electron chi connectivity index (χ3n) is 11.1. The van der Waals surface area contributed by atoms with Crippen molar-refractivity contribution in [2.75, 3.05) is 20.8 Å². The van der Waals surface area contributed by atoms with E-state index in [4.69, 9.17) is 42.4 Å². The van der Waals surface area contributed by atoms with Gasteiger partial charge in [0.25, 0.3) is 0 Å². The van der Waals surface area contributed by atoms with Gasteiger partial charge in [-0.3, -0.25) is 9.78 Å². The Morgan fingerprint density at radius 3 is 2.32 bits per heavy atom. The average Bonchev–Trinajstić information content (AvgIpc) is 3.19. The number of rotatable bonds is 11. The van der Waals surface area contributed by atoms with Crippen molar-refractivity contribution in [3.63, 3.8) is 0 Å². The van der Waals surface area contributed by atoms with Crippen LogP contribution in [0.4, 0.5) is 4.79 Å². The van der Waals surface area contributed by atoms with E-state index >= 15 is 0 Å². The SMILES string of the molecule is COc1cc(-c2nccc(-c3cccc(-c4ccc(COC(=O)N[C@@H]5CCN(C(C)=O)[C@@H](C(C)(C)C)C5)c(OC)n4)c3Cl)c2Cl)ccc1CNC1CCC(O)CC1. The summed E-state index contributed by atoms with van der Waals surface area (Å²) in [5, 5.41) is 17.4. The number of nitrogens with one attached hydrogen (secondary N) is 2. The Bertz CT molecular complexity index is 2070. The molecule has 0 spiro atoms. The lowest BCUT2D eigenvalue weighted by Crippen LogP contribution is -2.55. The van der Waals surface area contributed by atoms with Crippen LogP contribution in [0.5, 0.6) is 11.6 Å². The Hall–Kier alpha value is -4.42. The van der Waals surface area contributed by atoms with Crippen molar-refractivity contribution < 1.29 is 28.9 Å². The van der Waals surface area contributed by atoms with Gasteiger partial charge in [0.05, 0.1) is 47.3 Å². The second-order valence-electron chi connectivity index (χ2n) is 16.0. The summed E-state index contributed by atoms with van der Waals surface area (Å²) in [5.74, 6) is 1.08. The van der Waals surface area contributed by atoms with Crippen LogP contribution in [0, 0.1) is 5.41 Å². The van der Waals surface area contributed by atoms with Crippen molar-refractivity contribution in [2.24, 2.45) is 5.41 Å². The molecular weight excluding hydrogens is 765 g/mol. The first-order valence-electron chi connectivity index (χ1n) is 19.5. The summed E-state index contributed by atoms with van der Waals surface area (Å²) >= 11 is 14.2. The molecule has 2 aliphatic rings. The number of aromatic nitrogens is 2. The van der Waals surface area contributed by atoms with Gasteiger partial charge in [0.2, 0.25) is 11.8 Å². The molecular formula is C44H53Cl2N5O6. The first kappa shape index (κ1) is 42.2. The molecule has 2 amide bonds. The van der Waals surface area contributed by atoms with Crippen LogP contribution < -0.4 is 20.1 Å². The van der Waals surface area contributed by atoms with Gasteiger partial charge in [-0.2, -0.15) is 0 Å². The number of amides is 2. The van der Waals surface area contributed by atoms with Crippen LogP contribution in [-0.2, 0) is 22.7 Å². The summed E-state index contributed by atoms with van der Waals surface area (Å²) < 4.78 is 17.0. The average molecular weight is 819 g/mol. The highest BCUT2D eigenvalue weighted by molar-refractivity contribution is 6.39. The topological polar surface area (TPSA) is 135 Å². The Balaban J connectivity index is 1.15. The number of alkyl carbamates (subject to hydrolysis) is 1. The fourth-order valence-electron chi connectivity index (χ4n) is 7.91. The quantitative estimate of drug-likeness (QED) is 0.136. The Labute approximate surface area is 345 Å². The summed E-state index contributed by atoms with van der Waals surface area (Å²) in [5.41, 5.74) is 5.55. The lowest BCUT2D eigenvalue weighted by molar-refractivity contribution is -0.135. The molecule has 1 saturated carbocycles. The van der Waals surface area contributed by atoms with Crippen molar-refractivity contribution in [1.82, 2.24) is 25.5 Å². The lowest BCUT2D eigenvalue weighted by atomic mass is 9.79. The molecule has 13 heteroatoms. The second-order valence-corrected chi connectivity index (χ2v) is 16.8. The predicted octanol–water partition coefficient (Wildman–Crippen LogP) is 8.85. The summed E-state index contributed by atoms with van der Waals surface area (Å²) in [6.07, 6.45) is 5.82. The molecule has 2 aromatic heterocycles. The van der Waals surface area contributed by atoms with E-state index in [1.54, 1.807) is 20.2 Å². The predicted molar refractivity (Wildman–Crippen MR) is 224 cm³/mol. The van der Waals surface area contributed by atoms with Crippen molar-refractivity contribution in [3.8, 4) is 45.3 Å². The van der Waals surface area contributed by atoms with E-state index in [9.17, 15) is 14.7 Å². The smallest absolute Gasteiger partial charge is 0.407 e. The van der Waals surface area contributed by atoms with Crippen LogP contribution in [0.1, 0.15) is 77.3 Å². The molecule has 11 nitrogen and oxygen atoms in total. The second kappa shape index (κ2) is 18.4. The van der Waals surface area contributed by atoms with Gasteiger partial charge in [0, 0.05) is 72.2 Å². The number of pyridine rings is 2. The number of methoxy groups -OCH3 is 2. The number of hydrogen-bond acceptors (Lipinski definition) is 9. The Morgan fingerprint density at radius 2 is 1.61 bits per heavy atom. The highest BCUT2D eigenvalue weighted by Crippen LogP contribution is 2.42. The molecule has 4 aromatic rings. The molecule has 2 fully saturated rings. The van der Waals surface area contributed by atoms with Gasteiger partial charge in [-0.05, 0) is 68.2 Å². The van der Waals surface area contributed by atoms with Crippen LogP contribution >= 0.6 is 23.2 Å². The van der Waals surface area contributed by atoms with E-state index in [-0.39, 0.29) is 36.1 Å². The molecule has 1 aliphatic carbocycles. The molecule has 1 saturated heterocycles. The van der Waals surface area contributed by atoms with E-state index in [1.807, 2.05) is 59.5 Å². The van der Waals surface area contributed by atoms with E-state index < -0.39 is 6.09 Å². The minimum atomic E-state index is -0.539. The molecule has 1 aliphatic heterocycles. The van der Waals surface area contributed by atoms with Gasteiger partial charge in [0.1, 0.15) is 12.4 Å². The minimum absolute atomic E-state index is 0.00587. The number of carbonyl (C=O) groups excluding carboxylic acids is 2. The first-order valence-corrected chi connectivity index (χ1v) is 20.3. The highest BCUT2D eigenvalue weighted by Gasteiger charge is 2.38. The number of piperidine rings is 1. The van der Waals surface area contributed by atoms with Gasteiger partial charge in [-0.15, -0.1) is 0 Å². The Morgan fingerprint density at radius 1 is 0.895 bits per heavy atom. The lowest BCUT2D eigenvalue weighted by Gasteiger charge is -2.45. The maximum absolute atomic E-state index is 12.9. The summed E-state index contributed by atoms with van der Waals surface area (Å²) in [6, 6.07) is 17.4. The van der Waals surface area contributed by atoms with Gasteiger partial charge >= 0.3 is 6.09 Å². The number of benzene rings is 2. The van der Waals surface area contributed by atoms with Crippen molar-refractivity contribution in [1.29, 1.82) is 0 Å². The molecule has 2 aromatic carbocycles. The number of likely N-dealkylation sites (tertiary alicyclic amines) is 1. The molecule has 0 radical (unpaired) electrons. The van der Waals surface area contributed by atoms with Crippen LogP contribution in [0.15, 0.2) is 60.8 Å². The number of ether oxygens (including phenoxy) is 3. The third-order valence-corrected chi connectivity index (χ3v) is 11.9. The number of halogens is 2. The highest BCUT2D eigenvalue weighted by atomic mass is 35.5. The first-order chi connectivity index (χ1) is 27.3. The fourth-order valence-corrected chi connectivity index (χ4v) is 8.56. The maximum Gasteiger partial charge on any atom is 0.407 e. The summed E-state index contributed by atoms with van der Waals surface area (Å²) in [4.78, 5) is 36.4. The third kappa shape index (κ3) is 10.0. The van der Waals surface area contributed by atoms with Gasteiger partial charge in [0.15, 0.2) is 0 Å². The summed E-state index contributed by atoms with van der Waals surface area (Å²) in [6.45, 7) is 9.09. The molecule has 3 N–H and O–H groups in total. The van der Waals surface area contributed by atoms with Crippen molar-refractivity contribution in [3.05, 3.63) is 82.0 Å². The molecule has 2 atom stereocenters. The van der Waals surface area contributed by atoms with Gasteiger partial charge in [-0.1, -0.05) is 74.3 Å². The summed E-state index contributed by atoms with van der Waals surface area (Å²) in [7, 11) is 3.17. The zero-order valence-corrected chi connectivity index (χ0v) is 35.0. The molecule has 0 unspecified atom stereocenters. The van der Waals surface area contributed by atoms with E-state index in [1.165, 1.54) is 7.11 Å². The van der Waals surface area contributed by atoms with Gasteiger partial charge < -0.3 is 34.9 Å². The minimum Gasteiger partial charge on any atom is -0.496 e. The largest absolute Gasteiger partial charge is 0.496 e. The molecule has 57 heavy (non-hydrogen) atoms. The Kier molecular flexibility index (Phi) is 13.7. The number of aliphatic hydroxyl groups excluding tert-OH is 1. The van der Waals surface area contributed by atoms with Gasteiger partial charge in [-0.25, -0.2) is 9.78 Å². The zero-order valence-electron chi connectivity index (χ0n) is 33.5. The molecule has 304 valence electrons. The number of aliphatic hydroxyl groups is 1. The van der Waals surface area contributed by atoms with E-state index in [2.05, 4.69) is 36.4 Å². The molecule has 0 bridgehead atoms. The van der Waals surface area contributed by atoms with Crippen LogP contribution in [0.2, 0.25) is 10.0 Å². The van der Waals surface area contributed by atoms with Crippen LogP contribution in [0.25, 0.3) is 33.6 Å². The van der Waals surface area contributed by atoms with Crippen LogP contribution in [0.3, 0.4) is 0 Å². The normalized spacial score (nSPS) is 19.8. The zero-order chi connectivity index (χ0) is 40.9. The fraction of sp³-hybridized carbons (Fsp3) is 0.455. The molecule has 3 heterocycles. The number of nitrogens with zero attached hydrogens (tertiary/aromatic N) is 3. The van der Waals surface area contributed by atoms with Crippen molar-refractivity contribution >= 4 is 35.2 Å². The van der Waals surface area contributed by atoms with E-state index in [0.717, 1.165) is 42.6 Å². The standard InChI is InChI=1S/C44H53Cl2N5O6/c1-26(52)51-21-19-31(23-38(51)44(2,3)4)49-43(54)57-25-29-12-17-36(50-42(29)56-6)35-9-7-8-33(39(35)45)34-18-20-47-41(40(34)46)27-10-11-28(37(22-27)55-5)24-48-30-13-15-32(53)16-14-30/h7-12,17-18,20,22,30-32,38,48,53H,13-16,19,21,23-25H2,1-6H3,(H,49,54)/t30?,31-,32?,38-/m1/s1. The molecule has 6 rings (SSSR count). The monoisotopic (exact) mass is 817 g/mol. The van der Waals surface area contributed by atoms with Crippen molar-refractivity contribution in [2.45, 2.75) is 104 Å². The maximum atomic E-state index is 12.9. The van der Waals surface area contributed by atoms with Crippen LogP contribution in [-0.4, -0.2) is 77.0 Å². The number of carbonyl (C=O) groups is 2. The van der Waals surface area contributed by atoms with E-state index in [0.29, 0.717) is 81.5 Å².